The van der Waals surface area contributed by atoms with E-state index in [-0.39, 0.29) is 24.4 Å². The molecule has 0 saturated carbocycles. The number of hydrogen-bond acceptors (Lipinski definition) is 2. The molecule has 1 aromatic carbocycles. The minimum Gasteiger partial charge on any atom is -0.354 e. The second kappa shape index (κ2) is 5.75. The van der Waals surface area contributed by atoms with E-state index in [1.807, 2.05) is 0 Å². The Kier molecular flexibility index (Phi) is 4.20. The van der Waals surface area contributed by atoms with Gasteiger partial charge in [0.15, 0.2) is 0 Å². The largest absolute Gasteiger partial charge is 0.416 e. The maximum absolute atomic E-state index is 12.8. The van der Waals surface area contributed by atoms with Crippen LogP contribution in [-0.2, 0) is 11.0 Å². The first-order chi connectivity index (χ1) is 9.77. The summed E-state index contributed by atoms with van der Waals surface area (Å²) in [6.45, 7) is 2.32. The maximum Gasteiger partial charge on any atom is 0.416 e. The van der Waals surface area contributed by atoms with Crippen molar-refractivity contribution in [3.8, 4) is 0 Å². The van der Waals surface area contributed by atoms with Crippen LogP contribution in [0.25, 0.3) is 0 Å². The van der Waals surface area contributed by atoms with Crippen molar-refractivity contribution >= 4 is 11.8 Å². The number of benzene rings is 1. The fourth-order valence-electron chi connectivity index (χ4n) is 2.22. The van der Waals surface area contributed by atoms with Crippen molar-refractivity contribution in [2.45, 2.75) is 19.5 Å². The number of nitrogens with zero attached hydrogens (tertiary/aromatic N) is 1. The van der Waals surface area contributed by atoms with Crippen LogP contribution >= 0.6 is 0 Å². The van der Waals surface area contributed by atoms with Crippen molar-refractivity contribution in [1.82, 2.24) is 10.2 Å². The third kappa shape index (κ3) is 3.74. The zero-order chi connectivity index (χ0) is 15.6. The molecule has 2 amide bonds. The van der Waals surface area contributed by atoms with Crippen molar-refractivity contribution in [3.05, 3.63) is 34.9 Å². The van der Waals surface area contributed by atoms with E-state index in [1.165, 1.54) is 17.9 Å². The molecule has 0 aliphatic carbocycles. The minimum absolute atomic E-state index is 0.00308. The molecule has 21 heavy (non-hydrogen) atoms. The molecule has 4 nitrogen and oxygen atoms in total. The van der Waals surface area contributed by atoms with Gasteiger partial charge in [-0.05, 0) is 30.7 Å². The molecular formula is C14H15F3N2O2. The van der Waals surface area contributed by atoms with Gasteiger partial charge in [-0.2, -0.15) is 13.2 Å². The second-order valence-corrected chi connectivity index (χ2v) is 4.98. The van der Waals surface area contributed by atoms with E-state index in [4.69, 9.17) is 0 Å². The number of nitrogens with one attached hydrogen (secondary N) is 1. The highest BCUT2D eigenvalue weighted by molar-refractivity contribution is 5.95. The summed E-state index contributed by atoms with van der Waals surface area (Å²) < 4.78 is 38.4. The van der Waals surface area contributed by atoms with Crippen LogP contribution in [0.2, 0.25) is 0 Å². The predicted octanol–water partition coefficient (Wildman–Crippen LogP) is 1.98. The number of alkyl halides is 3. The average Bonchev–Trinajstić information content (AvgIpc) is 2.61. The third-order valence-electron chi connectivity index (χ3n) is 3.25. The fraction of sp³-hybridized carbons (Fsp3) is 0.429. The molecule has 1 aliphatic rings. The normalized spacial score (nSPS) is 16.4. The summed E-state index contributed by atoms with van der Waals surface area (Å²) in [5.74, 6) is -0.647. The Balaban J connectivity index is 2.26. The van der Waals surface area contributed by atoms with Crippen molar-refractivity contribution in [1.29, 1.82) is 0 Å². The Bertz CT molecular complexity index is 570. The van der Waals surface area contributed by atoms with Gasteiger partial charge in [-0.1, -0.05) is 0 Å². The van der Waals surface area contributed by atoms with E-state index in [1.54, 1.807) is 0 Å². The van der Waals surface area contributed by atoms with Crippen LogP contribution in [0.4, 0.5) is 13.2 Å². The van der Waals surface area contributed by atoms with Crippen LogP contribution in [0, 0.1) is 6.92 Å². The number of aryl methyl sites for hydroxylation is 1. The van der Waals surface area contributed by atoms with Gasteiger partial charge >= 0.3 is 6.18 Å². The van der Waals surface area contributed by atoms with Crippen LogP contribution in [0.1, 0.15) is 27.9 Å². The van der Waals surface area contributed by atoms with Crippen LogP contribution in [0.5, 0.6) is 0 Å². The van der Waals surface area contributed by atoms with Gasteiger partial charge in [0.2, 0.25) is 5.91 Å². The van der Waals surface area contributed by atoms with Crippen molar-refractivity contribution in [3.63, 3.8) is 0 Å². The number of carbonyl (C=O) groups is 2. The van der Waals surface area contributed by atoms with Crippen molar-refractivity contribution < 1.29 is 22.8 Å². The number of hydrogen-bond donors (Lipinski definition) is 1. The standard InChI is InChI=1S/C14H15F3N2O2/c1-9-6-10(8-11(7-9)14(15,16)17)13(21)19-4-2-12(20)18-3-5-19/h6-8H,2-5H2,1H3,(H,18,20). The van der Waals surface area contributed by atoms with Gasteiger partial charge in [-0.15, -0.1) is 0 Å². The van der Waals surface area contributed by atoms with Crippen LogP contribution in [0.3, 0.4) is 0 Å². The summed E-state index contributed by atoms with van der Waals surface area (Å²) in [5.41, 5.74) is -0.469. The molecule has 1 heterocycles. The summed E-state index contributed by atoms with van der Waals surface area (Å²) in [5, 5.41) is 2.62. The Morgan fingerprint density at radius 3 is 2.62 bits per heavy atom. The lowest BCUT2D eigenvalue weighted by Gasteiger charge is -2.20. The number of rotatable bonds is 1. The first-order valence-corrected chi connectivity index (χ1v) is 6.52. The van der Waals surface area contributed by atoms with Crippen molar-refractivity contribution in [2.75, 3.05) is 19.6 Å². The molecule has 1 fully saturated rings. The summed E-state index contributed by atoms with van der Waals surface area (Å²) in [7, 11) is 0. The highest BCUT2D eigenvalue weighted by atomic mass is 19.4. The molecule has 1 saturated heterocycles. The molecule has 0 bridgehead atoms. The number of carbonyl (C=O) groups excluding carboxylic acids is 2. The Hall–Kier alpha value is -2.05. The molecule has 7 heteroatoms. The van der Waals surface area contributed by atoms with Crippen LogP contribution in [0.15, 0.2) is 18.2 Å². The van der Waals surface area contributed by atoms with Gasteiger partial charge in [0, 0.05) is 31.6 Å². The van der Waals surface area contributed by atoms with E-state index in [0.717, 1.165) is 12.1 Å². The summed E-state index contributed by atoms with van der Waals surface area (Å²) in [6, 6.07) is 3.29. The Morgan fingerprint density at radius 1 is 1.24 bits per heavy atom. The summed E-state index contributed by atoms with van der Waals surface area (Å²) >= 11 is 0. The van der Waals surface area contributed by atoms with Crippen LogP contribution < -0.4 is 5.32 Å². The monoisotopic (exact) mass is 300 g/mol. The molecule has 0 unspecified atom stereocenters. The smallest absolute Gasteiger partial charge is 0.354 e. The lowest BCUT2D eigenvalue weighted by Crippen LogP contribution is -2.34. The van der Waals surface area contributed by atoms with Gasteiger partial charge in [-0.3, -0.25) is 9.59 Å². The van der Waals surface area contributed by atoms with Gasteiger partial charge in [0.05, 0.1) is 5.56 Å². The third-order valence-corrected chi connectivity index (χ3v) is 3.25. The fourth-order valence-corrected chi connectivity index (χ4v) is 2.22. The molecular weight excluding hydrogens is 285 g/mol. The number of amides is 2. The molecule has 1 N–H and O–H groups in total. The van der Waals surface area contributed by atoms with Crippen molar-refractivity contribution in [2.24, 2.45) is 0 Å². The summed E-state index contributed by atoms with van der Waals surface area (Å²) in [4.78, 5) is 24.9. The predicted molar refractivity (Wildman–Crippen MR) is 69.7 cm³/mol. The zero-order valence-corrected chi connectivity index (χ0v) is 11.5. The summed E-state index contributed by atoms with van der Waals surface area (Å²) in [6.07, 6.45) is -4.33. The lowest BCUT2D eigenvalue weighted by atomic mass is 10.0. The first-order valence-electron chi connectivity index (χ1n) is 6.52. The van der Waals surface area contributed by atoms with Gasteiger partial charge in [0.1, 0.15) is 0 Å². The Labute approximate surface area is 119 Å². The van der Waals surface area contributed by atoms with E-state index < -0.39 is 17.6 Å². The molecule has 0 spiro atoms. The first kappa shape index (κ1) is 15.3. The van der Waals surface area contributed by atoms with E-state index in [2.05, 4.69) is 5.32 Å². The van der Waals surface area contributed by atoms with Gasteiger partial charge in [-0.25, -0.2) is 0 Å². The van der Waals surface area contributed by atoms with E-state index in [0.29, 0.717) is 18.7 Å². The maximum atomic E-state index is 12.8. The van der Waals surface area contributed by atoms with E-state index >= 15 is 0 Å². The molecule has 2 rings (SSSR count). The highest BCUT2D eigenvalue weighted by Gasteiger charge is 2.32. The number of halogens is 3. The van der Waals surface area contributed by atoms with Crippen LogP contribution in [-0.4, -0.2) is 36.3 Å². The molecule has 1 aliphatic heterocycles. The SMILES string of the molecule is Cc1cc(C(=O)N2CCNC(=O)CC2)cc(C(F)(F)F)c1. The second-order valence-electron chi connectivity index (χ2n) is 4.98. The molecule has 1 aromatic rings. The zero-order valence-electron chi connectivity index (χ0n) is 11.5. The van der Waals surface area contributed by atoms with E-state index in [9.17, 15) is 22.8 Å². The van der Waals surface area contributed by atoms with Gasteiger partial charge < -0.3 is 10.2 Å². The topological polar surface area (TPSA) is 49.4 Å². The highest BCUT2D eigenvalue weighted by Crippen LogP contribution is 2.30. The Morgan fingerprint density at radius 2 is 1.95 bits per heavy atom. The molecule has 0 radical (unpaired) electrons. The molecule has 114 valence electrons. The average molecular weight is 300 g/mol. The quantitative estimate of drug-likeness (QED) is 0.862. The lowest BCUT2D eigenvalue weighted by molar-refractivity contribution is -0.137. The minimum atomic E-state index is -4.49. The van der Waals surface area contributed by atoms with Gasteiger partial charge in [0.25, 0.3) is 5.91 Å². The molecule has 0 aromatic heterocycles. The molecule has 0 atom stereocenters.